The maximum Gasteiger partial charge on any atom is 0.337 e. The van der Waals surface area contributed by atoms with Gasteiger partial charge in [0.15, 0.2) is 0 Å². The number of rotatable bonds is 4. The summed E-state index contributed by atoms with van der Waals surface area (Å²) in [4.78, 5) is 11.1. The first-order valence-electron chi connectivity index (χ1n) is 6.02. The third kappa shape index (κ3) is 2.73. The number of ether oxygens (including phenoxy) is 1. The molecule has 98 valence electrons. The summed E-state index contributed by atoms with van der Waals surface area (Å²) in [7, 11) is 1.70. The number of nitrogen functional groups attached to an aromatic ring is 1. The number of nitrogens with two attached hydrogens (primary N) is 1. The summed E-state index contributed by atoms with van der Waals surface area (Å²) in [6.45, 7) is 0. The molecule has 0 bridgehead atoms. The molecule has 0 amide bonds. The fourth-order valence-electron chi connectivity index (χ4n) is 2.37. The number of nitrogens with one attached hydrogen (secondary N) is 1. The van der Waals surface area contributed by atoms with Crippen molar-refractivity contribution in [1.29, 1.82) is 0 Å². The quantitative estimate of drug-likeness (QED) is 0.711. The van der Waals surface area contributed by atoms with Crippen molar-refractivity contribution in [3.8, 4) is 0 Å². The van der Waals surface area contributed by atoms with Gasteiger partial charge in [-0.05, 0) is 37.5 Å². The fourth-order valence-corrected chi connectivity index (χ4v) is 2.37. The first-order valence-corrected chi connectivity index (χ1v) is 6.02. The second-order valence-corrected chi connectivity index (χ2v) is 4.62. The molecule has 1 fully saturated rings. The van der Waals surface area contributed by atoms with Crippen LogP contribution in [0.2, 0.25) is 0 Å². The summed E-state index contributed by atoms with van der Waals surface area (Å²) in [5.41, 5.74) is 7.10. The van der Waals surface area contributed by atoms with Gasteiger partial charge in [-0.25, -0.2) is 4.79 Å². The van der Waals surface area contributed by atoms with E-state index >= 15 is 0 Å². The van der Waals surface area contributed by atoms with Crippen molar-refractivity contribution >= 4 is 17.3 Å². The number of aromatic carboxylic acids is 1. The Bertz CT molecular complexity index is 448. The molecule has 0 saturated heterocycles. The average Bonchev–Trinajstić information content (AvgIpc) is 2.76. The van der Waals surface area contributed by atoms with Crippen LogP contribution in [0.25, 0.3) is 0 Å². The molecule has 0 heterocycles. The molecule has 1 aliphatic rings. The lowest BCUT2D eigenvalue weighted by molar-refractivity contribution is 0.0698. The minimum Gasteiger partial charge on any atom is -0.478 e. The van der Waals surface area contributed by atoms with Crippen LogP contribution in [-0.2, 0) is 4.74 Å². The third-order valence-electron chi connectivity index (χ3n) is 3.35. The molecule has 1 saturated carbocycles. The molecule has 0 radical (unpaired) electrons. The van der Waals surface area contributed by atoms with Crippen LogP contribution < -0.4 is 11.1 Å². The molecule has 1 aliphatic carbocycles. The van der Waals surface area contributed by atoms with E-state index in [2.05, 4.69) is 5.32 Å². The average molecular weight is 250 g/mol. The number of hydrogen-bond donors (Lipinski definition) is 3. The normalized spacial score (nSPS) is 22.9. The highest BCUT2D eigenvalue weighted by Gasteiger charge is 2.25. The highest BCUT2D eigenvalue weighted by molar-refractivity contribution is 5.95. The Balaban J connectivity index is 2.13. The predicted molar refractivity (Wildman–Crippen MR) is 69.9 cm³/mol. The van der Waals surface area contributed by atoms with Crippen LogP contribution in [0.15, 0.2) is 18.2 Å². The minimum absolute atomic E-state index is 0.245. The van der Waals surface area contributed by atoms with Crippen molar-refractivity contribution in [2.75, 3.05) is 18.2 Å². The molecule has 18 heavy (non-hydrogen) atoms. The van der Waals surface area contributed by atoms with E-state index in [4.69, 9.17) is 15.6 Å². The predicted octanol–water partition coefficient (Wildman–Crippen LogP) is 1.95. The van der Waals surface area contributed by atoms with Crippen molar-refractivity contribution in [2.45, 2.75) is 31.4 Å². The Morgan fingerprint density at radius 2 is 2.28 bits per heavy atom. The maximum atomic E-state index is 11.1. The van der Waals surface area contributed by atoms with Crippen LogP contribution in [-0.4, -0.2) is 30.3 Å². The molecule has 2 rings (SSSR count). The van der Waals surface area contributed by atoms with Crippen molar-refractivity contribution < 1.29 is 14.6 Å². The van der Waals surface area contributed by atoms with Gasteiger partial charge in [0.1, 0.15) is 0 Å². The monoisotopic (exact) mass is 250 g/mol. The lowest BCUT2D eigenvalue weighted by atomic mass is 10.1. The van der Waals surface area contributed by atoms with E-state index in [9.17, 15) is 4.79 Å². The van der Waals surface area contributed by atoms with Gasteiger partial charge in [-0.2, -0.15) is 0 Å². The van der Waals surface area contributed by atoms with Crippen LogP contribution >= 0.6 is 0 Å². The van der Waals surface area contributed by atoms with E-state index < -0.39 is 5.97 Å². The molecule has 1 aromatic carbocycles. The van der Waals surface area contributed by atoms with Gasteiger partial charge in [0, 0.05) is 18.8 Å². The molecule has 1 aromatic rings. The molecule has 5 nitrogen and oxygen atoms in total. The number of carboxylic acid groups (broad SMARTS) is 1. The van der Waals surface area contributed by atoms with E-state index in [1.165, 1.54) is 6.07 Å². The SMILES string of the molecule is COC1CCC(Nc2cc(N)ccc2C(=O)O)C1. The van der Waals surface area contributed by atoms with Crippen LogP contribution in [0.1, 0.15) is 29.6 Å². The lowest BCUT2D eigenvalue weighted by Crippen LogP contribution is -2.19. The number of carboxylic acids is 1. The Morgan fingerprint density at radius 3 is 2.89 bits per heavy atom. The van der Waals surface area contributed by atoms with Gasteiger partial charge in [-0.15, -0.1) is 0 Å². The molecule has 2 unspecified atom stereocenters. The highest BCUT2D eigenvalue weighted by atomic mass is 16.5. The van der Waals surface area contributed by atoms with E-state index in [0.717, 1.165) is 19.3 Å². The zero-order chi connectivity index (χ0) is 13.1. The van der Waals surface area contributed by atoms with Gasteiger partial charge in [-0.1, -0.05) is 0 Å². The number of anilines is 2. The van der Waals surface area contributed by atoms with Gasteiger partial charge in [0.25, 0.3) is 0 Å². The minimum atomic E-state index is -0.946. The largest absolute Gasteiger partial charge is 0.478 e. The Hall–Kier alpha value is -1.75. The number of benzene rings is 1. The summed E-state index contributed by atoms with van der Waals surface area (Å²) < 4.78 is 5.30. The zero-order valence-corrected chi connectivity index (χ0v) is 10.3. The fraction of sp³-hybridized carbons (Fsp3) is 0.462. The first-order chi connectivity index (χ1) is 8.60. The smallest absolute Gasteiger partial charge is 0.337 e. The Labute approximate surface area is 106 Å². The molecule has 0 aromatic heterocycles. The van der Waals surface area contributed by atoms with Gasteiger partial charge in [0.05, 0.1) is 17.4 Å². The van der Waals surface area contributed by atoms with Crippen molar-refractivity contribution in [3.05, 3.63) is 23.8 Å². The van der Waals surface area contributed by atoms with E-state index in [1.807, 2.05) is 0 Å². The van der Waals surface area contributed by atoms with Crippen LogP contribution in [0, 0.1) is 0 Å². The van der Waals surface area contributed by atoms with Gasteiger partial charge >= 0.3 is 5.97 Å². The number of carbonyl (C=O) groups is 1. The summed E-state index contributed by atoms with van der Waals surface area (Å²) in [5, 5.41) is 12.4. The number of hydrogen-bond acceptors (Lipinski definition) is 4. The molecule has 0 spiro atoms. The summed E-state index contributed by atoms with van der Waals surface area (Å²) in [5.74, 6) is -0.946. The van der Waals surface area contributed by atoms with Crippen LogP contribution in [0.3, 0.4) is 0 Å². The summed E-state index contributed by atoms with van der Waals surface area (Å²) in [6.07, 6.45) is 3.13. The van der Waals surface area contributed by atoms with Gasteiger partial charge < -0.3 is 20.9 Å². The van der Waals surface area contributed by atoms with Crippen molar-refractivity contribution in [1.82, 2.24) is 0 Å². The van der Waals surface area contributed by atoms with Crippen LogP contribution in [0.4, 0.5) is 11.4 Å². The Kier molecular flexibility index (Phi) is 3.72. The molecule has 0 aliphatic heterocycles. The zero-order valence-electron chi connectivity index (χ0n) is 10.3. The second-order valence-electron chi connectivity index (χ2n) is 4.62. The van der Waals surface area contributed by atoms with Crippen molar-refractivity contribution in [3.63, 3.8) is 0 Å². The molecular formula is C13H18N2O3. The first kappa shape index (κ1) is 12.7. The standard InChI is InChI=1S/C13H18N2O3/c1-18-10-4-3-9(7-10)15-12-6-8(14)2-5-11(12)13(16)17/h2,5-6,9-10,15H,3-4,7,14H2,1H3,(H,16,17). The topological polar surface area (TPSA) is 84.6 Å². The molecule has 5 heteroatoms. The van der Waals surface area contributed by atoms with Crippen molar-refractivity contribution in [2.24, 2.45) is 0 Å². The van der Waals surface area contributed by atoms with Crippen LogP contribution in [0.5, 0.6) is 0 Å². The highest BCUT2D eigenvalue weighted by Crippen LogP contribution is 2.27. The third-order valence-corrected chi connectivity index (χ3v) is 3.35. The molecule has 4 N–H and O–H groups in total. The molecular weight excluding hydrogens is 232 g/mol. The van der Waals surface area contributed by atoms with E-state index in [-0.39, 0.29) is 17.7 Å². The second kappa shape index (κ2) is 5.27. The van der Waals surface area contributed by atoms with E-state index in [0.29, 0.717) is 11.4 Å². The number of methoxy groups -OCH3 is 1. The molecule has 2 atom stereocenters. The van der Waals surface area contributed by atoms with Gasteiger partial charge in [0.2, 0.25) is 0 Å². The summed E-state index contributed by atoms with van der Waals surface area (Å²) in [6, 6.07) is 5.04. The van der Waals surface area contributed by atoms with E-state index in [1.54, 1.807) is 19.2 Å². The maximum absolute atomic E-state index is 11.1. The van der Waals surface area contributed by atoms with Gasteiger partial charge in [-0.3, -0.25) is 0 Å². The summed E-state index contributed by atoms with van der Waals surface area (Å²) >= 11 is 0. The Morgan fingerprint density at radius 1 is 1.50 bits per heavy atom. The lowest BCUT2D eigenvalue weighted by Gasteiger charge is -2.16.